The summed E-state index contributed by atoms with van der Waals surface area (Å²) in [5.41, 5.74) is 7.63. The first-order chi connectivity index (χ1) is 9.06. The van der Waals surface area contributed by atoms with Gasteiger partial charge in [0.1, 0.15) is 6.61 Å². The normalized spacial score (nSPS) is 10.3. The zero-order valence-corrected chi connectivity index (χ0v) is 11.3. The largest absolute Gasteiger partial charge is 0.460 e. The molecule has 6 nitrogen and oxygen atoms in total. The lowest BCUT2D eigenvalue weighted by molar-refractivity contribution is 0.0258. The van der Waals surface area contributed by atoms with Crippen LogP contribution in [0, 0.1) is 0 Å². The summed E-state index contributed by atoms with van der Waals surface area (Å²) >= 11 is 0. The van der Waals surface area contributed by atoms with E-state index < -0.39 is 5.97 Å². The van der Waals surface area contributed by atoms with Crippen LogP contribution in [-0.2, 0) is 9.47 Å². The van der Waals surface area contributed by atoms with Gasteiger partial charge in [0.25, 0.3) is 0 Å². The van der Waals surface area contributed by atoms with Gasteiger partial charge in [-0.15, -0.1) is 0 Å². The van der Waals surface area contributed by atoms with Gasteiger partial charge in [-0.2, -0.15) is 0 Å². The standard InChI is InChI=1S/C13H20N2O4/c1-15(2)12-4-3-10(9-11(12)14)13(17)19-8-7-18-6-5-16/h3-4,9,16H,5-8,14H2,1-2H3. The third-order valence-corrected chi connectivity index (χ3v) is 2.44. The first-order valence-electron chi connectivity index (χ1n) is 5.99. The van der Waals surface area contributed by atoms with Gasteiger partial charge < -0.3 is 25.2 Å². The maximum atomic E-state index is 11.7. The van der Waals surface area contributed by atoms with Crippen LogP contribution in [0.3, 0.4) is 0 Å². The summed E-state index contributed by atoms with van der Waals surface area (Å²) < 4.78 is 10.0. The van der Waals surface area contributed by atoms with Crippen LogP contribution in [0.2, 0.25) is 0 Å². The van der Waals surface area contributed by atoms with Crippen LogP contribution in [0.25, 0.3) is 0 Å². The van der Waals surface area contributed by atoms with E-state index in [0.29, 0.717) is 11.3 Å². The van der Waals surface area contributed by atoms with E-state index in [9.17, 15) is 4.79 Å². The van der Waals surface area contributed by atoms with Crippen LogP contribution in [0.5, 0.6) is 0 Å². The highest BCUT2D eigenvalue weighted by atomic mass is 16.6. The maximum Gasteiger partial charge on any atom is 0.338 e. The van der Waals surface area contributed by atoms with Crippen molar-refractivity contribution >= 4 is 17.3 Å². The quantitative estimate of drug-likeness (QED) is 0.425. The van der Waals surface area contributed by atoms with Crippen LogP contribution in [0.4, 0.5) is 11.4 Å². The first-order valence-corrected chi connectivity index (χ1v) is 5.99. The van der Waals surface area contributed by atoms with E-state index in [1.54, 1.807) is 18.2 Å². The molecule has 0 unspecified atom stereocenters. The molecule has 6 heteroatoms. The minimum Gasteiger partial charge on any atom is -0.460 e. The molecule has 0 aliphatic heterocycles. The van der Waals surface area contributed by atoms with E-state index in [1.807, 2.05) is 19.0 Å². The molecule has 0 aliphatic carbocycles. The van der Waals surface area contributed by atoms with Crippen molar-refractivity contribution in [3.8, 4) is 0 Å². The van der Waals surface area contributed by atoms with E-state index >= 15 is 0 Å². The van der Waals surface area contributed by atoms with E-state index in [0.717, 1.165) is 5.69 Å². The summed E-state index contributed by atoms with van der Waals surface area (Å²) in [7, 11) is 3.75. The summed E-state index contributed by atoms with van der Waals surface area (Å²) in [5, 5.41) is 8.50. The fourth-order valence-corrected chi connectivity index (χ4v) is 1.53. The fraction of sp³-hybridized carbons (Fsp3) is 0.462. The zero-order chi connectivity index (χ0) is 14.3. The average Bonchev–Trinajstić information content (AvgIpc) is 2.37. The lowest BCUT2D eigenvalue weighted by Crippen LogP contribution is -2.14. The Morgan fingerprint density at radius 2 is 2.05 bits per heavy atom. The van der Waals surface area contributed by atoms with Gasteiger partial charge in [0.2, 0.25) is 0 Å². The first kappa shape index (κ1) is 15.3. The van der Waals surface area contributed by atoms with Gasteiger partial charge >= 0.3 is 5.97 Å². The Morgan fingerprint density at radius 1 is 1.32 bits per heavy atom. The Balaban J connectivity index is 2.51. The average molecular weight is 268 g/mol. The number of aliphatic hydroxyl groups excluding tert-OH is 1. The zero-order valence-electron chi connectivity index (χ0n) is 11.3. The molecule has 0 aliphatic rings. The van der Waals surface area contributed by atoms with Crippen LogP contribution < -0.4 is 10.6 Å². The number of nitrogens with two attached hydrogens (primary N) is 1. The smallest absolute Gasteiger partial charge is 0.338 e. The Bertz CT molecular complexity index is 421. The number of hydrogen-bond donors (Lipinski definition) is 2. The van der Waals surface area contributed by atoms with Crippen molar-refractivity contribution in [2.45, 2.75) is 0 Å². The molecule has 0 amide bonds. The Kier molecular flexibility index (Phi) is 6.11. The van der Waals surface area contributed by atoms with Crippen molar-refractivity contribution in [1.29, 1.82) is 0 Å². The lowest BCUT2D eigenvalue weighted by atomic mass is 10.1. The maximum absolute atomic E-state index is 11.7. The second kappa shape index (κ2) is 7.60. The molecule has 19 heavy (non-hydrogen) atoms. The van der Waals surface area contributed by atoms with E-state index in [1.165, 1.54) is 0 Å². The van der Waals surface area contributed by atoms with Gasteiger partial charge in [0.15, 0.2) is 0 Å². The van der Waals surface area contributed by atoms with Crippen molar-refractivity contribution < 1.29 is 19.4 Å². The SMILES string of the molecule is CN(C)c1ccc(C(=O)OCCOCCO)cc1N. The number of aliphatic hydroxyl groups is 1. The predicted octanol–water partition coefficient (Wildman–Crippen LogP) is 0.501. The molecule has 0 saturated carbocycles. The monoisotopic (exact) mass is 268 g/mol. The highest BCUT2D eigenvalue weighted by Gasteiger charge is 2.10. The molecule has 1 rings (SSSR count). The number of benzene rings is 1. The van der Waals surface area contributed by atoms with Crippen LogP contribution in [-0.4, -0.2) is 51.6 Å². The molecule has 0 radical (unpaired) electrons. The second-order valence-electron chi connectivity index (χ2n) is 4.14. The molecule has 0 fully saturated rings. The lowest BCUT2D eigenvalue weighted by Gasteiger charge is -2.15. The Hall–Kier alpha value is -1.79. The number of hydrogen-bond acceptors (Lipinski definition) is 6. The highest BCUT2D eigenvalue weighted by Crippen LogP contribution is 2.22. The molecule has 0 spiro atoms. The van der Waals surface area contributed by atoms with Gasteiger partial charge in [0, 0.05) is 14.1 Å². The summed E-state index contributed by atoms with van der Waals surface area (Å²) in [4.78, 5) is 13.6. The molecular weight excluding hydrogens is 248 g/mol. The number of ether oxygens (including phenoxy) is 2. The Morgan fingerprint density at radius 3 is 2.63 bits per heavy atom. The molecule has 0 heterocycles. The fourth-order valence-electron chi connectivity index (χ4n) is 1.53. The van der Waals surface area contributed by atoms with E-state index in [-0.39, 0.29) is 26.4 Å². The van der Waals surface area contributed by atoms with Gasteiger partial charge in [0.05, 0.1) is 36.8 Å². The molecule has 0 atom stereocenters. The molecular formula is C13H20N2O4. The van der Waals surface area contributed by atoms with Crippen molar-refractivity contribution in [2.75, 3.05) is 51.2 Å². The highest BCUT2D eigenvalue weighted by molar-refractivity contribution is 5.92. The summed E-state index contributed by atoms with van der Waals surface area (Å²) in [6.07, 6.45) is 0. The van der Waals surface area contributed by atoms with Crippen LogP contribution in [0.1, 0.15) is 10.4 Å². The number of nitrogen functional groups attached to an aromatic ring is 1. The van der Waals surface area contributed by atoms with Crippen LogP contribution in [0.15, 0.2) is 18.2 Å². The van der Waals surface area contributed by atoms with Gasteiger partial charge in [-0.05, 0) is 18.2 Å². The number of nitrogens with zero attached hydrogens (tertiary/aromatic N) is 1. The Labute approximate surface area is 112 Å². The third-order valence-electron chi connectivity index (χ3n) is 2.44. The van der Waals surface area contributed by atoms with Crippen molar-refractivity contribution in [1.82, 2.24) is 0 Å². The molecule has 1 aromatic carbocycles. The summed E-state index contributed by atoms with van der Waals surface area (Å²) in [6.45, 7) is 0.601. The van der Waals surface area contributed by atoms with Crippen LogP contribution >= 0.6 is 0 Å². The molecule has 1 aromatic rings. The molecule has 0 aromatic heterocycles. The summed E-state index contributed by atoms with van der Waals surface area (Å²) in [6, 6.07) is 5.03. The number of anilines is 2. The van der Waals surface area contributed by atoms with Gasteiger partial charge in [-0.3, -0.25) is 0 Å². The topological polar surface area (TPSA) is 85.0 Å². The second-order valence-corrected chi connectivity index (χ2v) is 4.14. The molecule has 0 bridgehead atoms. The number of esters is 1. The van der Waals surface area contributed by atoms with Gasteiger partial charge in [-0.25, -0.2) is 4.79 Å². The molecule has 106 valence electrons. The van der Waals surface area contributed by atoms with E-state index in [2.05, 4.69) is 0 Å². The molecule has 0 saturated heterocycles. The van der Waals surface area contributed by atoms with Crippen molar-refractivity contribution in [3.05, 3.63) is 23.8 Å². The van der Waals surface area contributed by atoms with E-state index in [4.69, 9.17) is 20.3 Å². The third kappa shape index (κ3) is 4.76. The minimum atomic E-state index is -0.440. The minimum absolute atomic E-state index is 0.0452. The summed E-state index contributed by atoms with van der Waals surface area (Å²) in [5.74, 6) is -0.440. The number of rotatable bonds is 7. The van der Waals surface area contributed by atoms with Gasteiger partial charge in [-0.1, -0.05) is 0 Å². The molecule has 3 N–H and O–H groups in total. The van der Waals surface area contributed by atoms with Crippen molar-refractivity contribution in [2.24, 2.45) is 0 Å². The number of carbonyl (C=O) groups excluding carboxylic acids is 1. The predicted molar refractivity (Wildman–Crippen MR) is 73.4 cm³/mol. The van der Waals surface area contributed by atoms with Crippen molar-refractivity contribution in [3.63, 3.8) is 0 Å². The number of carbonyl (C=O) groups is 1.